The highest BCUT2D eigenvalue weighted by Crippen LogP contribution is 2.29. The number of morpholine rings is 1. The van der Waals surface area contributed by atoms with E-state index in [0.29, 0.717) is 43.7 Å². The van der Waals surface area contributed by atoms with Crippen LogP contribution in [-0.2, 0) is 14.8 Å². The van der Waals surface area contributed by atoms with E-state index in [1.165, 1.54) is 0 Å². The van der Waals surface area contributed by atoms with Crippen molar-refractivity contribution in [1.29, 1.82) is 0 Å². The smallest absolute Gasteiger partial charge is 0.264 e. The quantitative estimate of drug-likeness (QED) is 0.917. The second-order valence-electron chi connectivity index (χ2n) is 5.30. The van der Waals surface area contributed by atoms with Crippen LogP contribution in [0.5, 0.6) is 0 Å². The molecule has 2 aromatic rings. The van der Waals surface area contributed by atoms with Crippen molar-refractivity contribution in [2.75, 3.05) is 35.9 Å². The summed E-state index contributed by atoms with van der Waals surface area (Å²) >= 11 is 0. The summed E-state index contributed by atoms with van der Waals surface area (Å²) in [5, 5.41) is 0. The Morgan fingerprint density at radius 1 is 1.04 bits per heavy atom. The topological polar surface area (TPSA) is 58.6 Å². The molecule has 0 saturated carbocycles. The van der Waals surface area contributed by atoms with Crippen molar-refractivity contribution in [3.63, 3.8) is 0 Å². The molecule has 0 atom stereocenters. The first-order valence-electron chi connectivity index (χ1n) is 7.37. The van der Waals surface area contributed by atoms with Crippen molar-refractivity contribution in [1.82, 2.24) is 0 Å². The van der Waals surface area contributed by atoms with E-state index in [2.05, 4.69) is 4.72 Å². The molecule has 1 heterocycles. The van der Waals surface area contributed by atoms with Crippen LogP contribution < -0.4 is 9.62 Å². The minimum absolute atomic E-state index is 0.308. The Hall–Kier alpha value is -2.19. The van der Waals surface area contributed by atoms with Gasteiger partial charge in [0.1, 0.15) is 16.5 Å². The number of nitrogens with one attached hydrogen (secondary N) is 1. The number of rotatable bonds is 4. The van der Waals surface area contributed by atoms with Crippen molar-refractivity contribution in [3.05, 3.63) is 54.1 Å². The Balaban J connectivity index is 1.94. The molecule has 0 spiro atoms. The van der Waals surface area contributed by atoms with E-state index in [1.54, 1.807) is 24.3 Å². The second-order valence-corrected chi connectivity index (χ2v) is 6.95. The fourth-order valence-corrected chi connectivity index (χ4v) is 3.69. The molecular formula is C16H16F2N2O3S. The van der Waals surface area contributed by atoms with Crippen molar-refractivity contribution >= 4 is 21.4 Å². The summed E-state index contributed by atoms with van der Waals surface area (Å²) in [6.07, 6.45) is 0. The lowest BCUT2D eigenvalue weighted by Crippen LogP contribution is -2.36. The third kappa shape index (κ3) is 3.49. The molecular weight excluding hydrogens is 338 g/mol. The van der Waals surface area contributed by atoms with E-state index in [9.17, 15) is 17.2 Å². The van der Waals surface area contributed by atoms with Gasteiger partial charge >= 0.3 is 0 Å². The number of ether oxygens (including phenoxy) is 1. The molecule has 1 aliphatic heterocycles. The van der Waals surface area contributed by atoms with Crippen molar-refractivity contribution in [2.24, 2.45) is 0 Å². The third-order valence-corrected chi connectivity index (χ3v) is 5.06. The summed E-state index contributed by atoms with van der Waals surface area (Å²) in [7, 11) is -4.25. The van der Waals surface area contributed by atoms with Crippen molar-refractivity contribution in [2.45, 2.75) is 4.90 Å². The number of para-hydroxylation sites is 2. The van der Waals surface area contributed by atoms with Gasteiger partial charge in [-0.3, -0.25) is 4.72 Å². The largest absolute Gasteiger partial charge is 0.378 e. The molecule has 0 aromatic heterocycles. The standard InChI is InChI=1S/C16H16F2N2O3S/c17-12-5-6-13(18)16(11-12)24(21,22)19-14-3-1-2-4-15(14)20-7-9-23-10-8-20/h1-6,11,19H,7-10H2. The first-order chi connectivity index (χ1) is 11.5. The monoisotopic (exact) mass is 354 g/mol. The van der Waals surface area contributed by atoms with Gasteiger partial charge in [-0.1, -0.05) is 12.1 Å². The van der Waals surface area contributed by atoms with Gasteiger partial charge < -0.3 is 9.64 Å². The van der Waals surface area contributed by atoms with Gasteiger partial charge in [0, 0.05) is 13.1 Å². The van der Waals surface area contributed by atoms with Gasteiger partial charge in [-0.25, -0.2) is 17.2 Å². The summed E-state index contributed by atoms with van der Waals surface area (Å²) in [4.78, 5) is 1.25. The Morgan fingerprint density at radius 2 is 1.75 bits per heavy atom. The molecule has 0 unspecified atom stereocenters. The van der Waals surface area contributed by atoms with Crippen LogP contribution in [0, 0.1) is 11.6 Å². The molecule has 2 aromatic carbocycles. The lowest BCUT2D eigenvalue weighted by molar-refractivity contribution is 0.123. The highest BCUT2D eigenvalue weighted by atomic mass is 32.2. The van der Waals surface area contributed by atoms with Crippen LogP contribution in [0.15, 0.2) is 47.4 Å². The molecule has 0 amide bonds. The maximum atomic E-state index is 13.8. The van der Waals surface area contributed by atoms with E-state index in [4.69, 9.17) is 4.74 Å². The number of nitrogens with zero attached hydrogens (tertiary/aromatic N) is 1. The normalized spacial score (nSPS) is 15.3. The summed E-state index contributed by atoms with van der Waals surface area (Å²) in [6.45, 7) is 2.32. The van der Waals surface area contributed by atoms with Gasteiger partial charge in [-0.2, -0.15) is 0 Å². The average molecular weight is 354 g/mol. The first-order valence-corrected chi connectivity index (χ1v) is 8.85. The fraction of sp³-hybridized carbons (Fsp3) is 0.250. The van der Waals surface area contributed by atoms with Crippen LogP contribution in [-0.4, -0.2) is 34.7 Å². The van der Waals surface area contributed by atoms with Gasteiger partial charge in [-0.15, -0.1) is 0 Å². The molecule has 128 valence electrons. The zero-order valence-electron chi connectivity index (χ0n) is 12.7. The van der Waals surface area contributed by atoms with Crippen LogP contribution in [0.2, 0.25) is 0 Å². The molecule has 3 rings (SSSR count). The maximum absolute atomic E-state index is 13.8. The minimum atomic E-state index is -4.25. The first kappa shape index (κ1) is 16.7. The fourth-order valence-electron chi connectivity index (χ4n) is 2.52. The summed E-state index contributed by atoms with van der Waals surface area (Å²) in [6, 6.07) is 9.13. The zero-order valence-corrected chi connectivity index (χ0v) is 13.5. The van der Waals surface area contributed by atoms with E-state index >= 15 is 0 Å². The molecule has 24 heavy (non-hydrogen) atoms. The SMILES string of the molecule is O=S(=O)(Nc1ccccc1N1CCOCC1)c1cc(F)ccc1F. The average Bonchev–Trinajstić information content (AvgIpc) is 2.58. The predicted molar refractivity (Wildman–Crippen MR) is 86.6 cm³/mol. The third-order valence-electron chi connectivity index (χ3n) is 3.68. The van der Waals surface area contributed by atoms with Crippen molar-refractivity contribution in [3.8, 4) is 0 Å². The van der Waals surface area contributed by atoms with Crippen LogP contribution in [0.25, 0.3) is 0 Å². The zero-order chi connectivity index (χ0) is 17.2. The number of hydrogen-bond donors (Lipinski definition) is 1. The predicted octanol–water partition coefficient (Wildman–Crippen LogP) is 2.60. The molecule has 8 heteroatoms. The van der Waals surface area contributed by atoms with E-state index in [1.807, 2.05) is 4.90 Å². The molecule has 0 bridgehead atoms. The highest BCUT2D eigenvalue weighted by molar-refractivity contribution is 7.92. The molecule has 0 aliphatic carbocycles. The number of sulfonamides is 1. The summed E-state index contributed by atoms with van der Waals surface area (Å²) < 4.78 is 59.7. The van der Waals surface area contributed by atoms with Gasteiger partial charge in [0.2, 0.25) is 0 Å². The lowest BCUT2D eigenvalue weighted by atomic mass is 10.2. The van der Waals surface area contributed by atoms with E-state index in [-0.39, 0.29) is 0 Å². The van der Waals surface area contributed by atoms with Crippen LogP contribution >= 0.6 is 0 Å². The Labute approximate surface area is 138 Å². The Morgan fingerprint density at radius 3 is 2.50 bits per heavy atom. The maximum Gasteiger partial charge on any atom is 0.264 e. The molecule has 5 nitrogen and oxygen atoms in total. The van der Waals surface area contributed by atoms with Crippen molar-refractivity contribution < 1.29 is 21.9 Å². The second kappa shape index (κ2) is 6.74. The van der Waals surface area contributed by atoms with Crippen LogP contribution in [0.1, 0.15) is 0 Å². The molecule has 1 aliphatic rings. The highest BCUT2D eigenvalue weighted by Gasteiger charge is 2.23. The summed E-state index contributed by atoms with van der Waals surface area (Å²) in [5.74, 6) is -1.83. The van der Waals surface area contributed by atoms with Gasteiger partial charge in [0.15, 0.2) is 0 Å². The number of halogens is 2. The van der Waals surface area contributed by atoms with Gasteiger partial charge in [0.05, 0.1) is 24.6 Å². The number of hydrogen-bond acceptors (Lipinski definition) is 4. The number of benzene rings is 2. The number of anilines is 2. The molecule has 1 fully saturated rings. The van der Waals surface area contributed by atoms with E-state index < -0.39 is 26.6 Å². The van der Waals surface area contributed by atoms with E-state index in [0.717, 1.165) is 12.1 Å². The Bertz CT molecular complexity index is 837. The molecule has 1 saturated heterocycles. The van der Waals surface area contributed by atoms with Crippen LogP contribution in [0.4, 0.5) is 20.2 Å². The minimum Gasteiger partial charge on any atom is -0.378 e. The van der Waals surface area contributed by atoms with Gasteiger partial charge in [-0.05, 0) is 30.3 Å². The Kier molecular flexibility index (Phi) is 4.68. The summed E-state index contributed by atoms with van der Waals surface area (Å²) in [5.41, 5.74) is 0.976. The molecule has 0 radical (unpaired) electrons. The molecule has 1 N–H and O–H groups in total. The van der Waals surface area contributed by atoms with Crippen LogP contribution in [0.3, 0.4) is 0 Å². The van der Waals surface area contributed by atoms with Gasteiger partial charge in [0.25, 0.3) is 10.0 Å². The lowest BCUT2D eigenvalue weighted by Gasteiger charge is -2.30.